The van der Waals surface area contributed by atoms with Crippen LogP contribution in [0.15, 0.2) is 30.3 Å². The van der Waals surface area contributed by atoms with Crippen molar-refractivity contribution in [2.24, 2.45) is 5.92 Å². The Hall–Kier alpha value is -1.88. The minimum atomic E-state index is -1.09. The van der Waals surface area contributed by atoms with E-state index in [0.29, 0.717) is 26.1 Å². The monoisotopic (exact) mass is 266 g/mol. The minimum Gasteiger partial charge on any atom is -0.481 e. The highest BCUT2D eigenvalue weighted by Crippen LogP contribution is 2.12. The molecular formula is C14H18O5. The third-order valence-electron chi connectivity index (χ3n) is 2.72. The van der Waals surface area contributed by atoms with Crippen LogP contribution in [-0.2, 0) is 20.9 Å². The first-order valence-corrected chi connectivity index (χ1v) is 6.16. The molecule has 0 aliphatic heterocycles. The molecular weight excluding hydrogens is 248 g/mol. The summed E-state index contributed by atoms with van der Waals surface area (Å²) >= 11 is 0. The summed E-state index contributed by atoms with van der Waals surface area (Å²) in [6.07, 6.45) is 0.515. The van der Waals surface area contributed by atoms with Crippen LogP contribution in [0.4, 0.5) is 0 Å². The molecule has 1 aromatic rings. The van der Waals surface area contributed by atoms with Crippen LogP contribution in [0, 0.1) is 5.92 Å². The quantitative estimate of drug-likeness (QED) is 0.669. The fourth-order valence-corrected chi connectivity index (χ4v) is 1.72. The number of hydrogen-bond donors (Lipinski definition) is 2. The van der Waals surface area contributed by atoms with Crippen molar-refractivity contribution in [3.8, 4) is 0 Å². The first-order valence-electron chi connectivity index (χ1n) is 6.16. The summed E-state index contributed by atoms with van der Waals surface area (Å²) < 4.78 is 5.41. The summed E-state index contributed by atoms with van der Waals surface area (Å²) in [6, 6.07) is 9.67. The highest BCUT2D eigenvalue weighted by atomic mass is 16.5. The van der Waals surface area contributed by atoms with Crippen molar-refractivity contribution in [3.63, 3.8) is 0 Å². The second kappa shape index (κ2) is 8.26. The molecule has 104 valence electrons. The Morgan fingerprint density at radius 3 is 2.42 bits per heavy atom. The zero-order valence-corrected chi connectivity index (χ0v) is 10.6. The second-order valence-corrected chi connectivity index (χ2v) is 4.31. The summed E-state index contributed by atoms with van der Waals surface area (Å²) in [5.41, 5.74) is 1.06. The number of carboxylic acid groups (broad SMARTS) is 2. The maximum atomic E-state index is 10.8. The standard InChI is InChI=1S/C14H18O5/c15-13(16)9-12(14(17)18)7-4-8-19-10-11-5-2-1-3-6-11/h1-3,5-6,12H,4,7-10H2,(H,15,16)(H,17,18). The van der Waals surface area contributed by atoms with Gasteiger partial charge in [-0.2, -0.15) is 0 Å². The van der Waals surface area contributed by atoms with Gasteiger partial charge in [0.05, 0.1) is 18.9 Å². The average Bonchev–Trinajstić information content (AvgIpc) is 2.37. The lowest BCUT2D eigenvalue weighted by molar-refractivity contribution is -0.148. The molecule has 19 heavy (non-hydrogen) atoms. The third kappa shape index (κ3) is 6.57. The number of benzene rings is 1. The van der Waals surface area contributed by atoms with Crippen molar-refractivity contribution >= 4 is 11.9 Å². The van der Waals surface area contributed by atoms with Crippen LogP contribution in [0.5, 0.6) is 0 Å². The van der Waals surface area contributed by atoms with Crippen molar-refractivity contribution in [2.45, 2.75) is 25.9 Å². The third-order valence-corrected chi connectivity index (χ3v) is 2.72. The molecule has 0 saturated heterocycles. The van der Waals surface area contributed by atoms with Gasteiger partial charge >= 0.3 is 11.9 Å². The highest BCUT2D eigenvalue weighted by Gasteiger charge is 2.20. The van der Waals surface area contributed by atoms with Crippen molar-refractivity contribution in [1.82, 2.24) is 0 Å². The Kier molecular flexibility index (Phi) is 6.60. The van der Waals surface area contributed by atoms with Gasteiger partial charge < -0.3 is 14.9 Å². The van der Waals surface area contributed by atoms with Gasteiger partial charge in [-0.05, 0) is 18.4 Å². The van der Waals surface area contributed by atoms with E-state index in [9.17, 15) is 9.59 Å². The van der Waals surface area contributed by atoms with Crippen molar-refractivity contribution < 1.29 is 24.5 Å². The van der Waals surface area contributed by atoms with Gasteiger partial charge in [-0.3, -0.25) is 9.59 Å². The molecule has 1 atom stereocenters. The van der Waals surface area contributed by atoms with Crippen LogP contribution in [0.1, 0.15) is 24.8 Å². The van der Waals surface area contributed by atoms with Crippen LogP contribution >= 0.6 is 0 Å². The summed E-state index contributed by atoms with van der Waals surface area (Å²) in [5.74, 6) is -2.99. The van der Waals surface area contributed by atoms with Crippen LogP contribution in [-0.4, -0.2) is 28.8 Å². The number of rotatable bonds is 9. The molecule has 0 aliphatic rings. The van der Waals surface area contributed by atoms with E-state index in [1.54, 1.807) is 0 Å². The fourth-order valence-electron chi connectivity index (χ4n) is 1.72. The van der Waals surface area contributed by atoms with Crippen molar-refractivity contribution in [3.05, 3.63) is 35.9 Å². The lowest BCUT2D eigenvalue weighted by atomic mass is 10.00. The molecule has 1 rings (SSSR count). The Morgan fingerprint density at radius 1 is 1.16 bits per heavy atom. The van der Waals surface area contributed by atoms with Gasteiger partial charge in [0.15, 0.2) is 0 Å². The predicted octanol–water partition coefficient (Wildman–Crippen LogP) is 2.16. The van der Waals surface area contributed by atoms with E-state index in [-0.39, 0.29) is 6.42 Å². The molecule has 0 bridgehead atoms. The van der Waals surface area contributed by atoms with Gasteiger partial charge in [0.25, 0.3) is 0 Å². The predicted molar refractivity (Wildman–Crippen MR) is 68.7 cm³/mol. The van der Waals surface area contributed by atoms with E-state index in [0.717, 1.165) is 5.56 Å². The Bertz CT molecular complexity index is 402. The zero-order chi connectivity index (χ0) is 14.1. The smallest absolute Gasteiger partial charge is 0.307 e. The topological polar surface area (TPSA) is 83.8 Å². The van der Waals surface area contributed by atoms with E-state index in [1.807, 2.05) is 30.3 Å². The Labute approximate surface area is 111 Å². The summed E-state index contributed by atoms with van der Waals surface area (Å²) in [5, 5.41) is 17.4. The molecule has 5 heteroatoms. The maximum absolute atomic E-state index is 10.8. The number of aliphatic carboxylic acids is 2. The van der Waals surface area contributed by atoms with E-state index in [1.165, 1.54) is 0 Å². The van der Waals surface area contributed by atoms with Gasteiger partial charge in [0.2, 0.25) is 0 Å². The van der Waals surface area contributed by atoms with E-state index >= 15 is 0 Å². The summed E-state index contributed by atoms with van der Waals surface area (Å²) in [7, 11) is 0. The van der Waals surface area contributed by atoms with Gasteiger partial charge in [-0.25, -0.2) is 0 Å². The number of hydrogen-bond acceptors (Lipinski definition) is 3. The number of carboxylic acids is 2. The van der Waals surface area contributed by atoms with Crippen LogP contribution in [0.2, 0.25) is 0 Å². The molecule has 0 fully saturated rings. The second-order valence-electron chi connectivity index (χ2n) is 4.31. The SMILES string of the molecule is O=C(O)CC(CCCOCc1ccccc1)C(=O)O. The molecule has 0 heterocycles. The summed E-state index contributed by atoms with van der Waals surface area (Å²) in [6.45, 7) is 0.913. The van der Waals surface area contributed by atoms with Crippen molar-refractivity contribution in [1.29, 1.82) is 0 Å². The lowest BCUT2D eigenvalue weighted by Gasteiger charge is -2.09. The van der Waals surface area contributed by atoms with Gasteiger partial charge in [0.1, 0.15) is 0 Å². The van der Waals surface area contributed by atoms with E-state index in [2.05, 4.69) is 0 Å². The van der Waals surface area contributed by atoms with Gasteiger partial charge in [0, 0.05) is 6.61 Å². The molecule has 0 saturated carbocycles. The first kappa shape index (κ1) is 15.2. The minimum absolute atomic E-state index is 0.316. The molecule has 1 aromatic carbocycles. The molecule has 0 amide bonds. The van der Waals surface area contributed by atoms with Gasteiger partial charge in [-0.15, -0.1) is 0 Å². The van der Waals surface area contributed by atoms with Gasteiger partial charge in [-0.1, -0.05) is 30.3 Å². The molecule has 0 aromatic heterocycles. The van der Waals surface area contributed by atoms with Crippen LogP contribution in [0.3, 0.4) is 0 Å². The average molecular weight is 266 g/mol. The molecule has 1 unspecified atom stereocenters. The fraction of sp³-hybridized carbons (Fsp3) is 0.429. The Morgan fingerprint density at radius 2 is 1.84 bits per heavy atom. The largest absolute Gasteiger partial charge is 0.481 e. The molecule has 2 N–H and O–H groups in total. The van der Waals surface area contributed by atoms with Crippen LogP contribution < -0.4 is 0 Å². The van der Waals surface area contributed by atoms with E-state index < -0.39 is 17.9 Å². The molecule has 0 spiro atoms. The molecule has 0 aliphatic carbocycles. The molecule has 0 radical (unpaired) electrons. The Balaban J connectivity index is 2.18. The highest BCUT2D eigenvalue weighted by molar-refractivity contribution is 5.77. The van der Waals surface area contributed by atoms with Crippen molar-refractivity contribution in [2.75, 3.05) is 6.61 Å². The van der Waals surface area contributed by atoms with Crippen LogP contribution in [0.25, 0.3) is 0 Å². The lowest BCUT2D eigenvalue weighted by Crippen LogP contribution is -2.18. The molecule has 5 nitrogen and oxygen atoms in total. The summed E-state index contributed by atoms with van der Waals surface area (Å²) in [4.78, 5) is 21.3. The number of ether oxygens (including phenoxy) is 1. The first-order chi connectivity index (χ1) is 9.09. The van der Waals surface area contributed by atoms with E-state index in [4.69, 9.17) is 14.9 Å². The number of carbonyl (C=O) groups is 2. The maximum Gasteiger partial charge on any atom is 0.307 e. The zero-order valence-electron chi connectivity index (χ0n) is 10.6. The normalized spacial score (nSPS) is 12.0.